The lowest BCUT2D eigenvalue weighted by atomic mass is 10.2. The molecule has 0 aliphatic carbocycles. The Morgan fingerprint density at radius 1 is 1.32 bits per heavy atom. The molecule has 2 aromatic rings. The monoisotopic (exact) mass is 321 g/mol. The average Bonchev–Trinajstić information content (AvgIpc) is 2.50. The molecule has 0 unspecified atom stereocenters. The molecule has 0 fully saturated rings. The number of hydrogen-bond donors (Lipinski definition) is 1. The highest BCUT2D eigenvalue weighted by Gasteiger charge is 2.12. The minimum Gasteiger partial charge on any atom is -0.323 e. The van der Waals surface area contributed by atoms with E-state index in [1.165, 1.54) is 17.2 Å². The molecule has 0 spiro atoms. The normalized spacial score (nSPS) is 11.8. The Morgan fingerprint density at radius 2 is 2.00 bits per heavy atom. The second-order valence-electron chi connectivity index (χ2n) is 4.74. The molecule has 1 aromatic heterocycles. The molecule has 0 bridgehead atoms. The number of halogens is 1. The van der Waals surface area contributed by atoms with Gasteiger partial charge < -0.3 is 10.2 Å². The third-order valence-electron chi connectivity index (χ3n) is 3.04. The summed E-state index contributed by atoms with van der Waals surface area (Å²) in [7, 11) is 0.583. The van der Waals surface area contributed by atoms with E-state index >= 15 is 0 Å². The molecule has 1 heterocycles. The molecule has 1 atom stereocenters. The summed E-state index contributed by atoms with van der Waals surface area (Å²) in [5, 5.41) is 2.48. The lowest BCUT2D eigenvalue weighted by Crippen LogP contribution is -2.31. The molecule has 0 radical (unpaired) electrons. The number of aromatic nitrogens is 1. The van der Waals surface area contributed by atoms with E-state index in [1.54, 1.807) is 25.4 Å². The van der Waals surface area contributed by atoms with Crippen LogP contribution in [0.4, 0.5) is 14.9 Å². The number of amides is 2. The van der Waals surface area contributed by atoms with Gasteiger partial charge in [-0.1, -0.05) is 12.1 Å². The summed E-state index contributed by atoms with van der Waals surface area (Å²) in [5.41, 5.74) is 0.977. The van der Waals surface area contributed by atoms with Crippen molar-refractivity contribution in [1.82, 2.24) is 9.88 Å². The molecule has 0 aliphatic rings. The molecular formula is C15H16FN3O2S. The predicted octanol–water partition coefficient (Wildman–Crippen LogP) is 2.62. The van der Waals surface area contributed by atoms with E-state index in [4.69, 9.17) is 0 Å². The Hall–Kier alpha value is -2.28. The van der Waals surface area contributed by atoms with Gasteiger partial charge in [-0.15, -0.1) is 0 Å². The maximum absolute atomic E-state index is 13.4. The van der Waals surface area contributed by atoms with Gasteiger partial charge >= 0.3 is 6.03 Å². The maximum Gasteiger partial charge on any atom is 0.321 e. The van der Waals surface area contributed by atoms with Crippen molar-refractivity contribution >= 4 is 22.5 Å². The zero-order valence-corrected chi connectivity index (χ0v) is 13.1. The number of nitrogens with zero attached hydrogens (tertiary/aromatic N) is 2. The summed E-state index contributed by atoms with van der Waals surface area (Å²) in [5.74, 6) is -0.584. The van der Waals surface area contributed by atoms with Crippen molar-refractivity contribution in [2.24, 2.45) is 0 Å². The van der Waals surface area contributed by atoms with Crippen molar-refractivity contribution in [2.45, 2.75) is 11.4 Å². The van der Waals surface area contributed by atoms with Crippen LogP contribution in [-0.4, -0.2) is 33.4 Å². The quantitative estimate of drug-likeness (QED) is 0.941. The molecule has 0 saturated carbocycles. The number of carbonyl (C=O) groups is 1. The van der Waals surface area contributed by atoms with Crippen LogP contribution in [0.25, 0.3) is 0 Å². The van der Waals surface area contributed by atoms with Gasteiger partial charge in [0.15, 0.2) is 5.82 Å². The second-order valence-corrected chi connectivity index (χ2v) is 6.12. The van der Waals surface area contributed by atoms with E-state index < -0.39 is 22.6 Å². The number of rotatable bonds is 4. The third kappa shape index (κ3) is 4.11. The van der Waals surface area contributed by atoms with Gasteiger partial charge in [0.1, 0.15) is 0 Å². The van der Waals surface area contributed by atoms with E-state index in [9.17, 15) is 13.4 Å². The largest absolute Gasteiger partial charge is 0.323 e. The molecule has 1 aromatic carbocycles. The van der Waals surface area contributed by atoms with Crippen LogP contribution in [0.15, 0.2) is 47.6 Å². The molecule has 116 valence electrons. The molecule has 7 heteroatoms. The summed E-state index contributed by atoms with van der Waals surface area (Å²) < 4.78 is 24.8. The zero-order chi connectivity index (χ0) is 16.1. The predicted molar refractivity (Wildman–Crippen MR) is 83.5 cm³/mol. The smallest absolute Gasteiger partial charge is 0.321 e. The van der Waals surface area contributed by atoms with Crippen LogP contribution in [0.1, 0.15) is 5.56 Å². The molecule has 5 nitrogen and oxygen atoms in total. The number of pyridine rings is 1. The van der Waals surface area contributed by atoms with E-state index in [-0.39, 0.29) is 5.69 Å². The first-order valence-corrected chi connectivity index (χ1v) is 8.07. The molecule has 22 heavy (non-hydrogen) atoms. The van der Waals surface area contributed by atoms with Gasteiger partial charge in [0.05, 0.1) is 11.9 Å². The van der Waals surface area contributed by atoms with Crippen molar-refractivity contribution in [2.75, 3.05) is 18.6 Å². The van der Waals surface area contributed by atoms with E-state index in [2.05, 4.69) is 10.3 Å². The van der Waals surface area contributed by atoms with Crippen LogP contribution < -0.4 is 5.32 Å². The Bertz CT molecular complexity index is 691. The van der Waals surface area contributed by atoms with Gasteiger partial charge in [-0.3, -0.25) is 9.19 Å². The number of benzene rings is 1. The van der Waals surface area contributed by atoms with Crippen LogP contribution in [-0.2, 0) is 17.3 Å². The van der Waals surface area contributed by atoms with Crippen molar-refractivity contribution in [3.05, 3.63) is 54.1 Å². The molecule has 0 aliphatic heterocycles. The second kappa shape index (κ2) is 7.13. The zero-order valence-electron chi connectivity index (χ0n) is 12.2. The molecule has 2 rings (SSSR count). The fourth-order valence-electron chi connectivity index (χ4n) is 1.82. The number of carbonyl (C=O) groups excluding carboxylic acids is 1. The number of hydrogen-bond acceptors (Lipinski definition) is 3. The molecule has 0 saturated heterocycles. The van der Waals surface area contributed by atoms with Gasteiger partial charge in [-0.05, 0) is 23.8 Å². The van der Waals surface area contributed by atoms with Crippen molar-refractivity contribution < 1.29 is 13.4 Å². The first kappa shape index (κ1) is 16.1. The number of anilines is 1. The van der Waals surface area contributed by atoms with Crippen LogP contribution in [0.3, 0.4) is 0 Å². The minimum atomic E-state index is -1.03. The fraction of sp³-hybridized carbons (Fsp3) is 0.200. The Balaban J connectivity index is 1.99. The van der Waals surface area contributed by atoms with Gasteiger partial charge in [-0.2, -0.15) is 0 Å². The summed E-state index contributed by atoms with van der Waals surface area (Å²) in [6, 6.07) is 8.13. The third-order valence-corrected chi connectivity index (χ3v) is 3.97. The molecular weight excluding hydrogens is 305 g/mol. The van der Waals surface area contributed by atoms with Crippen molar-refractivity contribution in [3.8, 4) is 0 Å². The lowest BCUT2D eigenvalue weighted by molar-refractivity contribution is 0.220. The van der Waals surface area contributed by atoms with E-state index in [0.29, 0.717) is 6.54 Å². The lowest BCUT2D eigenvalue weighted by Gasteiger charge is -2.18. The van der Waals surface area contributed by atoms with Gasteiger partial charge in [0, 0.05) is 41.7 Å². The highest BCUT2D eigenvalue weighted by Crippen LogP contribution is 2.13. The summed E-state index contributed by atoms with van der Waals surface area (Å²) in [4.78, 5) is 17.8. The number of nitrogens with one attached hydrogen (secondary N) is 1. The summed E-state index contributed by atoms with van der Waals surface area (Å²) in [6.07, 6.45) is 4.05. The Morgan fingerprint density at radius 3 is 2.59 bits per heavy atom. The van der Waals surface area contributed by atoms with Gasteiger partial charge in [0.25, 0.3) is 0 Å². The average molecular weight is 321 g/mol. The highest BCUT2D eigenvalue weighted by atomic mass is 32.2. The molecule has 2 amide bonds. The van der Waals surface area contributed by atoms with Crippen LogP contribution >= 0.6 is 0 Å². The van der Waals surface area contributed by atoms with Crippen LogP contribution in [0.5, 0.6) is 0 Å². The first-order chi connectivity index (χ1) is 10.5. The van der Waals surface area contributed by atoms with Crippen LogP contribution in [0.2, 0.25) is 0 Å². The van der Waals surface area contributed by atoms with Crippen molar-refractivity contribution in [1.29, 1.82) is 0 Å². The van der Waals surface area contributed by atoms with E-state index in [1.807, 2.05) is 12.1 Å². The SMILES string of the molecule is CN(Cc1ccc([S@@](C)=O)cc1)C(=O)Nc1ccncc1F. The minimum absolute atomic E-state index is 0.0866. The number of urea groups is 1. The Kier molecular flexibility index (Phi) is 5.21. The van der Waals surface area contributed by atoms with Gasteiger partial charge in [0.2, 0.25) is 0 Å². The maximum atomic E-state index is 13.4. The van der Waals surface area contributed by atoms with Crippen molar-refractivity contribution in [3.63, 3.8) is 0 Å². The first-order valence-electron chi connectivity index (χ1n) is 6.51. The standard InChI is InChI=1S/C15H16FN3O2S/c1-19(10-11-3-5-12(6-4-11)22(2)21)15(20)18-14-7-8-17-9-13(14)16/h3-9H,10H2,1-2H3,(H,17,18,20)/t22-/m1/s1. The summed E-state index contributed by atoms with van der Waals surface area (Å²) >= 11 is 0. The summed E-state index contributed by atoms with van der Waals surface area (Å²) in [6.45, 7) is 0.356. The molecule has 1 N–H and O–H groups in total. The van der Waals surface area contributed by atoms with Crippen LogP contribution in [0, 0.1) is 5.82 Å². The van der Waals surface area contributed by atoms with E-state index in [0.717, 1.165) is 16.7 Å². The van der Waals surface area contributed by atoms with Gasteiger partial charge in [-0.25, -0.2) is 9.18 Å². The highest BCUT2D eigenvalue weighted by molar-refractivity contribution is 7.84. The topological polar surface area (TPSA) is 62.3 Å². The fourth-order valence-corrected chi connectivity index (χ4v) is 2.34. The Labute approximate surface area is 130 Å².